The Morgan fingerprint density at radius 3 is 2.62 bits per heavy atom. The molecule has 3 aromatic rings. The number of nitrogens with two attached hydrogens (primary N) is 1. The number of anilines is 2. The monoisotopic (exact) mass is 370 g/mol. The van der Waals surface area contributed by atoms with Crippen molar-refractivity contribution in [2.75, 3.05) is 36.8 Å². The number of hydrogen-bond donors (Lipinski definition) is 1. The van der Waals surface area contributed by atoms with Crippen LogP contribution in [0.15, 0.2) is 36.5 Å². The van der Waals surface area contributed by atoms with Crippen LogP contribution in [-0.4, -0.2) is 42.0 Å². The summed E-state index contributed by atoms with van der Waals surface area (Å²) < 4.78 is 14.0. The van der Waals surface area contributed by atoms with E-state index >= 15 is 0 Å². The number of thiophene rings is 1. The van der Waals surface area contributed by atoms with E-state index < -0.39 is 0 Å². The predicted molar refractivity (Wildman–Crippen MR) is 103 cm³/mol. The molecule has 0 aliphatic carbocycles. The standard InChI is InChI=1S/C19H19FN4OS/c1-12-6-7-22-18-15(12)16(21)17(26-18)19(25)24-10-8-23(9-11-24)14-5-3-2-4-13(14)20/h2-7H,8-11,21H2,1H3. The molecule has 1 aromatic carbocycles. The zero-order valence-corrected chi connectivity index (χ0v) is 15.2. The average Bonchev–Trinajstić information content (AvgIpc) is 3.00. The van der Waals surface area contributed by atoms with Crippen molar-refractivity contribution in [3.63, 3.8) is 0 Å². The van der Waals surface area contributed by atoms with Crippen LogP contribution in [0.4, 0.5) is 15.8 Å². The quantitative estimate of drug-likeness (QED) is 0.752. The maximum Gasteiger partial charge on any atom is 0.266 e. The van der Waals surface area contributed by atoms with Gasteiger partial charge >= 0.3 is 0 Å². The highest BCUT2D eigenvalue weighted by Gasteiger charge is 2.27. The first-order valence-corrected chi connectivity index (χ1v) is 9.30. The summed E-state index contributed by atoms with van der Waals surface area (Å²) in [6, 6.07) is 8.63. The van der Waals surface area contributed by atoms with Crippen LogP contribution in [-0.2, 0) is 0 Å². The molecule has 1 fully saturated rings. The maximum absolute atomic E-state index is 14.0. The van der Waals surface area contributed by atoms with E-state index in [9.17, 15) is 9.18 Å². The van der Waals surface area contributed by atoms with E-state index in [0.29, 0.717) is 42.4 Å². The summed E-state index contributed by atoms with van der Waals surface area (Å²) in [5, 5.41) is 0.867. The van der Waals surface area contributed by atoms with Gasteiger partial charge < -0.3 is 15.5 Å². The minimum atomic E-state index is -0.234. The molecule has 5 nitrogen and oxygen atoms in total. The first-order chi connectivity index (χ1) is 12.6. The zero-order chi connectivity index (χ0) is 18.3. The molecule has 2 aromatic heterocycles. The van der Waals surface area contributed by atoms with E-state index in [1.807, 2.05) is 24.0 Å². The summed E-state index contributed by atoms with van der Waals surface area (Å²) in [6.07, 6.45) is 1.73. The molecule has 0 unspecified atom stereocenters. The molecule has 1 aliphatic rings. The Labute approximate surface area is 154 Å². The van der Waals surface area contributed by atoms with Crippen molar-refractivity contribution >= 4 is 38.8 Å². The van der Waals surface area contributed by atoms with E-state index in [2.05, 4.69) is 4.98 Å². The number of fused-ring (bicyclic) bond motifs is 1. The fourth-order valence-corrected chi connectivity index (χ4v) is 4.47. The second kappa shape index (κ2) is 6.57. The fourth-order valence-electron chi connectivity index (χ4n) is 3.36. The average molecular weight is 370 g/mol. The Kier molecular flexibility index (Phi) is 4.24. The lowest BCUT2D eigenvalue weighted by molar-refractivity contribution is 0.0752. The third kappa shape index (κ3) is 2.78. The van der Waals surface area contributed by atoms with Gasteiger partial charge in [0.25, 0.3) is 5.91 Å². The second-order valence-corrected chi connectivity index (χ2v) is 7.38. The molecule has 1 amide bonds. The number of nitrogen functional groups attached to an aromatic ring is 1. The van der Waals surface area contributed by atoms with E-state index in [1.165, 1.54) is 17.4 Å². The van der Waals surface area contributed by atoms with Gasteiger partial charge in [0.2, 0.25) is 0 Å². The lowest BCUT2D eigenvalue weighted by Gasteiger charge is -2.36. The molecule has 1 saturated heterocycles. The van der Waals surface area contributed by atoms with Crippen molar-refractivity contribution in [3.05, 3.63) is 52.8 Å². The summed E-state index contributed by atoms with van der Waals surface area (Å²) >= 11 is 1.34. The number of carbonyl (C=O) groups excluding carboxylic acids is 1. The molecule has 0 spiro atoms. The molecule has 26 heavy (non-hydrogen) atoms. The molecule has 1 aliphatic heterocycles. The van der Waals surface area contributed by atoms with E-state index in [4.69, 9.17) is 5.73 Å². The number of aryl methyl sites for hydroxylation is 1. The molecule has 2 N–H and O–H groups in total. The summed E-state index contributed by atoms with van der Waals surface area (Å²) in [5.41, 5.74) is 8.36. The highest BCUT2D eigenvalue weighted by Crippen LogP contribution is 2.35. The maximum atomic E-state index is 14.0. The van der Waals surface area contributed by atoms with Gasteiger partial charge in [-0.25, -0.2) is 9.37 Å². The van der Waals surface area contributed by atoms with Crippen molar-refractivity contribution in [1.29, 1.82) is 0 Å². The van der Waals surface area contributed by atoms with Gasteiger partial charge in [0, 0.05) is 37.8 Å². The number of aromatic nitrogens is 1. The van der Waals surface area contributed by atoms with Gasteiger partial charge in [-0.2, -0.15) is 0 Å². The van der Waals surface area contributed by atoms with Crippen LogP contribution in [0.25, 0.3) is 10.2 Å². The number of para-hydroxylation sites is 1. The van der Waals surface area contributed by atoms with Crippen LogP contribution in [0.2, 0.25) is 0 Å². The molecule has 3 heterocycles. The Morgan fingerprint density at radius 1 is 1.19 bits per heavy atom. The third-order valence-corrected chi connectivity index (χ3v) is 5.89. The summed E-state index contributed by atoms with van der Waals surface area (Å²) in [4.78, 5) is 22.4. The molecular weight excluding hydrogens is 351 g/mol. The number of nitrogens with zero attached hydrogens (tertiary/aromatic N) is 3. The van der Waals surface area contributed by atoms with Crippen LogP contribution in [0, 0.1) is 12.7 Å². The minimum absolute atomic E-state index is 0.0712. The molecule has 4 rings (SSSR count). The van der Waals surface area contributed by atoms with Crippen molar-refractivity contribution in [3.8, 4) is 0 Å². The summed E-state index contributed by atoms with van der Waals surface area (Å²) in [7, 11) is 0. The molecule has 0 saturated carbocycles. The molecule has 134 valence electrons. The number of carbonyl (C=O) groups is 1. The first kappa shape index (κ1) is 16.8. The third-order valence-electron chi connectivity index (χ3n) is 4.79. The van der Waals surface area contributed by atoms with Gasteiger partial charge in [0.15, 0.2) is 0 Å². The predicted octanol–water partition coefficient (Wildman–Crippen LogP) is 3.29. The van der Waals surface area contributed by atoms with Gasteiger partial charge in [-0.3, -0.25) is 4.79 Å². The second-order valence-electron chi connectivity index (χ2n) is 6.38. The number of piperazine rings is 1. The largest absolute Gasteiger partial charge is 0.397 e. The van der Waals surface area contributed by atoms with Crippen molar-refractivity contribution in [2.24, 2.45) is 0 Å². The molecule has 0 bridgehead atoms. The number of benzene rings is 1. The summed E-state index contributed by atoms with van der Waals surface area (Å²) in [5.74, 6) is -0.305. The van der Waals surface area contributed by atoms with Crippen LogP contribution in [0.1, 0.15) is 15.2 Å². The number of amides is 1. The van der Waals surface area contributed by atoms with Crippen LogP contribution in [0.3, 0.4) is 0 Å². The Morgan fingerprint density at radius 2 is 1.92 bits per heavy atom. The topological polar surface area (TPSA) is 62.5 Å². The van der Waals surface area contributed by atoms with E-state index in [0.717, 1.165) is 15.8 Å². The Bertz CT molecular complexity index is 979. The molecular formula is C19H19FN4OS. The first-order valence-electron chi connectivity index (χ1n) is 8.48. The van der Waals surface area contributed by atoms with Crippen molar-refractivity contribution < 1.29 is 9.18 Å². The van der Waals surface area contributed by atoms with Crippen LogP contribution >= 0.6 is 11.3 Å². The SMILES string of the molecule is Cc1ccnc2sc(C(=O)N3CCN(c4ccccc4F)CC3)c(N)c12. The fraction of sp³-hybridized carbons (Fsp3) is 0.263. The number of hydrogen-bond acceptors (Lipinski definition) is 5. The van der Waals surface area contributed by atoms with Crippen LogP contribution < -0.4 is 10.6 Å². The Hall–Kier alpha value is -2.67. The highest BCUT2D eigenvalue weighted by atomic mass is 32.1. The Balaban J connectivity index is 1.53. The minimum Gasteiger partial charge on any atom is -0.397 e. The number of halogens is 1. The lowest BCUT2D eigenvalue weighted by atomic mass is 10.1. The van der Waals surface area contributed by atoms with Gasteiger partial charge in [0.1, 0.15) is 15.5 Å². The van der Waals surface area contributed by atoms with Crippen molar-refractivity contribution in [1.82, 2.24) is 9.88 Å². The van der Waals surface area contributed by atoms with Gasteiger partial charge in [-0.15, -0.1) is 11.3 Å². The number of rotatable bonds is 2. The van der Waals surface area contributed by atoms with Gasteiger partial charge in [-0.1, -0.05) is 12.1 Å². The zero-order valence-electron chi connectivity index (χ0n) is 14.4. The van der Waals surface area contributed by atoms with Gasteiger partial charge in [-0.05, 0) is 30.7 Å². The number of pyridine rings is 1. The smallest absolute Gasteiger partial charge is 0.266 e. The van der Waals surface area contributed by atoms with E-state index in [-0.39, 0.29) is 11.7 Å². The lowest BCUT2D eigenvalue weighted by Crippen LogP contribution is -2.49. The molecule has 0 atom stereocenters. The highest BCUT2D eigenvalue weighted by molar-refractivity contribution is 7.21. The van der Waals surface area contributed by atoms with Crippen molar-refractivity contribution in [2.45, 2.75) is 6.92 Å². The summed E-state index contributed by atoms with van der Waals surface area (Å²) in [6.45, 7) is 4.22. The van der Waals surface area contributed by atoms with Gasteiger partial charge in [0.05, 0.1) is 11.4 Å². The molecule has 7 heteroatoms. The normalized spacial score (nSPS) is 14.8. The van der Waals surface area contributed by atoms with Crippen LogP contribution in [0.5, 0.6) is 0 Å². The molecule has 0 radical (unpaired) electrons. The van der Waals surface area contributed by atoms with E-state index in [1.54, 1.807) is 23.2 Å².